The molecule has 150 heavy (non-hydrogen) atoms. The molecule has 7 amide bonds. The topological polar surface area (TPSA) is 320 Å². The zero-order valence-electron chi connectivity index (χ0n) is 82.1. The lowest BCUT2D eigenvalue weighted by molar-refractivity contribution is -0.144. The lowest BCUT2D eigenvalue weighted by Crippen LogP contribution is -2.40. The molecule has 27 nitrogen and oxygen atoms in total. The van der Waals surface area contributed by atoms with Crippen LogP contribution in [0.2, 0.25) is 0 Å². The standard InChI is InChI=1S/C21H17NO3.C19H15NO3.C19H16O4.C19H16O3.C17H19NO4.C15H13NO3.C13H12O3/c23-20-18-16-10-11-17(25-16)19(18)21(24)22(20)12-13-6-8-15(9-7-13)14-4-2-1-3-5-14;21-18-16-14-7-8-15(23-14)17(16)19(22)20(18)10-11-5-6-12-3-1-2-4-13(12)9-11;20-19(17-12-16-10-11-18(17)22-16)23-15-8-6-14(7-9-15)21-13-4-2-1-3-5-13;20-19(17-12-16-10-11-18(17)21-16)22-15-8-6-14(7-9-15)13-4-2-1-3-5-13;1-9-6-10(2)15(11(3)7-9)18-17(20)14-12-4-5-13(22-12)16(14)21-8-19;17-14-12-10-6-7-11(19-10)13(12)15(18)16(14)8-9-4-2-1-3-5-9;14-13(16-9-4-2-1-3-5-9)11-8-10-6-7-12(11)15-10/h1-11,16-19H,12H2;1-9,14-17H,10H2;1-11,16-18H,12H2;1-11,16-18H,12H2;4-8,12-14,16H,1-3H3,(H,18,20);1-7,10-13H,8H2;1-7,10-12H,8H2. The quantitative estimate of drug-likeness (QED) is 0.0243. The van der Waals surface area contributed by atoms with Gasteiger partial charge in [-0.1, -0.05) is 303 Å². The van der Waals surface area contributed by atoms with Gasteiger partial charge in [-0.3, -0.25) is 67.4 Å². The van der Waals surface area contributed by atoms with Crippen molar-refractivity contribution in [3.8, 4) is 51.0 Å². The molecule has 1 N–H and O–H groups in total. The Hall–Kier alpha value is -15.9. The Balaban J connectivity index is 0.0000000992. The largest absolute Gasteiger partial charge is 0.460 e. The van der Waals surface area contributed by atoms with Gasteiger partial charge in [0.25, 0.3) is 6.47 Å². The summed E-state index contributed by atoms with van der Waals surface area (Å²) in [5.74, 6) is -1.15. The summed E-state index contributed by atoms with van der Waals surface area (Å²) >= 11 is 0. The second kappa shape index (κ2) is 43.1. The van der Waals surface area contributed by atoms with Crippen LogP contribution < -0.4 is 24.3 Å². The first kappa shape index (κ1) is 98.8. The van der Waals surface area contributed by atoms with Gasteiger partial charge in [-0.05, 0) is 168 Å². The van der Waals surface area contributed by atoms with Gasteiger partial charge in [0.05, 0.1) is 152 Å². The first-order chi connectivity index (χ1) is 73.1. The Morgan fingerprint density at radius 3 is 1.01 bits per heavy atom. The van der Waals surface area contributed by atoms with Crippen LogP contribution in [0.15, 0.2) is 364 Å². The van der Waals surface area contributed by atoms with Crippen molar-refractivity contribution in [2.75, 3.05) is 5.32 Å². The van der Waals surface area contributed by atoms with Crippen molar-refractivity contribution in [2.24, 2.45) is 59.2 Å². The number of aryl methyl sites for hydroxylation is 3. The fourth-order valence-corrected chi connectivity index (χ4v) is 23.0. The molecule has 0 spiro atoms. The summed E-state index contributed by atoms with van der Waals surface area (Å²) < 4.78 is 66.3. The summed E-state index contributed by atoms with van der Waals surface area (Å²) in [6.45, 7) is 7.37. The number of esters is 3. The number of benzene rings is 11. The van der Waals surface area contributed by atoms with E-state index in [1.165, 1.54) is 14.7 Å². The van der Waals surface area contributed by atoms with Gasteiger partial charge < -0.3 is 62.2 Å². The van der Waals surface area contributed by atoms with Crippen LogP contribution in [0.5, 0.6) is 28.7 Å². The molecular formula is C123H108N4O23. The molecule has 27 heteroatoms. The number of imide groups is 3. The van der Waals surface area contributed by atoms with E-state index < -0.39 is 12.0 Å². The third-order valence-electron chi connectivity index (χ3n) is 30.3. The molecule has 11 aromatic carbocycles. The van der Waals surface area contributed by atoms with Gasteiger partial charge in [0, 0.05) is 5.69 Å². The van der Waals surface area contributed by atoms with Crippen molar-refractivity contribution in [1.82, 2.24) is 14.7 Å². The molecule has 0 aliphatic carbocycles. The smallest absolute Gasteiger partial charge is 0.317 e. The van der Waals surface area contributed by atoms with E-state index in [1.54, 1.807) is 36.4 Å². The predicted octanol–water partition coefficient (Wildman–Crippen LogP) is 17.5. The number of carbonyl (C=O) groups excluding carboxylic acids is 11. The fraction of sp³-hybridized carbons (Fsp3) is 0.276. The number of carbonyl (C=O) groups is 11. The number of nitrogens with one attached hydrogen (secondary N) is 1. The van der Waals surface area contributed by atoms with Gasteiger partial charge in [0.2, 0.25) is 41.4 Å². The maximum atomic E-state index is 12.7. The number of amides is 7. The second-order valence-corrected chi connectivity index (χ2v) is 39.9. The third kappa shape index (κ3) is 20.6. The number of para-hydroxylation sites is 2. The Bertz CT molecular complexity index is 7090. The first-order valence-corrected chi connectivity index (χ1v) is 50.9. The average molecular weight is 2010 g/mol. The van der Waals surface area contributed by atoms with Crippen molar-refractivity contribution in [1.29, 1.82) is 0 Å². The normalized spacial score (nSPS) is 29.2. The highest BCUT2D eigenvalue weighted by atomic mass is 16.6. The number of hydrogen-bond acceptors (Lipinski definition) is 23. The lowest BCUT2D eigenvalue weighted by atomic mass is 9.85. The molecule has 14 bridgehead atoms. The molecule has 17 heterocycles. The predicted molar refractivity (Wildman–Crippen MR) is 551 cm³/mol. The van der Waals surface area contributed by atoms with Crippen molar-refractivity contribution in [3.05, 3.63) is 397 Å². The number of anilines is 1. The Morgan fingerprint density at radius 2 is 0.613 bits per heavy atom. The Morgan fingerprint density at radius 1 is 0.307 bits per heavy atom. The number of fused-ring (bicyclic) bond motifs is 24. The van der Waals surface area contributed by atoms with E-state index in [-0.39, 0.29) is 198 Å². The van der Waals surface area contributed by atoms with Crippen LogP contribution in [0.4, 0.5) is 5.69 Å². The third-order valence-corrected chi connectivity index (χ3v) is 30.3. The van der Waals surface area contributed by atoms with Crippen molar-refractivity contribution in [2.45, 2.75) is 151 Å². The molecule has 25 unspecified atom stereocenters. The minimum Gasteiger partial charge on any atom is -0.460 e. The highest BCUT2D eigenvalue weighted by molar-refractivity contribution is 6.09. The van der Waals surface area contributed by atoms with Crippen molar-refractivity contribution < 1.29 is 110 Å². The summed E-state index contributed by atoms with van der Waals surface area (Å²) in [4.78, 5) is 139. The molecule has 0 saturated carbocycles. The van der Waals surface area contributed by atoms with Gasteiger partial charge in [0.15, 0.2) is 0 Å². The molecular weight excluding hydrogens is 1900 g/mol. The number of likely N-dealkylation sites (tertiary alicyclic amines) is 3. The minimum absolute atomic E-state index is 0.0687. The molecule has 25 atom stereocenters. The average Bonchev–Trinajstić information content (AvgIpc) is 1.57. The Kier molecular flexibility index (Phi) is 28.4. The zero-order valence-corrected chi connectivity index (χ0v) is 82.1. The van der Waals surface area contributed by atoms with Gasteiger partial charge in [-0.25, -0.2) is 0 Å². The molecule has 28 rings (SSSR count). The molecule has 10 saturated heterocycles. The van der Waals surface area contributed by atoms with Crippen LogP contribution in [-0.2, 0) is 110 Å². The molecule has 10 fully saturated rings. The summed E-state index contributed by atoms with van der Waals surface area (Å²) in [6.07, 6.45) is 26.6. The van der Waals surface area contributed by atoms with Gasteiger partial charge >= 0.3 is 17.9 Å². The van der Waals surface area contributed by atoms with Crippen LogP contribution in [0.1, 0.15) is 52.6 Å². The monoisotopic (exact) mass is 2010 g/mol. The van der Waals surface area contributed by atoms with Crippen LogP contribution in [0.25, 0.3) is 33.0 Å². The maximum Gasteiger partial charge on any atom is 0.317 e. The van der Waals surface area contributed by atoms with E-state index in [2.05, 4.69) is 35.6 Å². The summed E-state index contributed by atoms with van der Waals surface area (Å²) in [7, 11) is 0. The van der Waals surface area contributed by atoms with Gasteiger partial charge in [-0.2, -0.15) is 0 Å². The molecule has 758 valence electrons. The SMILES string of the molecule is Cc1cc(C)c(NC(=O)C2C3C=CC(O3)C2OC=O)c(C)c1.O=C(Oc1ccc(-c2ccccc2)cc1)C1CC2C=CC1O2.O=C(Oc1ccc(Oc2ccccc2)cc1)C1CC2C=CC1O2.O=C(Oc1ccccc1)C1CC2C=CC1O2.O=C1C2C3C=CC(O3)C2C(=O)N1Cc1ccc(-c2ccccc2)cc1.O=C1C2C3C=CC(O3)C2C(=O)N1Cc1ccc2ccccc2c1.O=C1C2C3C=CC(O3)C2C(=O)N1Cc1ccccc1. The van der Waals surface area contributed by atoms with Crippen LogP contribution >= 0.6 is 0 Å². The number of hydrogen-bond donors (Lipinski definition) is 1. The molecule has 17 aliphatic heterocycles. The van der Waals surface area contributed by atoms with E-state index in [4.69, 9.17) is 56.8 Å². The van der Waals surface area contributed by atoms with Crippen molar-refractivity contribution >= 4 is 82.2 Å². The minimum atomic E-state index is -0.557. The summed E-state index contributed by atoms with van der Waals surface area (Å²) in [5.41, 5.74) is 11.4. The molecule has 0 aromatic heterocycles. The number of rotatable bonds is 20. The van der Waals surface area contributed by atoms with Crippen LogP contribution in [-0.4, -0.2) is 172 Å². The van der Waals surface area contributed by atoms with Crippen LogP contribution in [0.3, 0.4) is 0 Å². The van der Waals surface area contributed by atoms with Crippen molar-refractivity contribution in [3.63, 3.8) is 0 Å². The van der Waals surface area contributed by atoms with Crippen LogP contribution in [0, 0.1) is 80.0 Å². The lowest BCUT2D eigenvalue weighted by Gasteiger charge is -2.23. The number of ether oxygens (including phenoxy) is 12. The summed E-state index contributed by atoms with van der Waals surface area (Å²) in [6, 6.07) is 89.4. The van der Waals surface area contributed by atoms with Gasteiger partial charge in [-0.15, -0.1) is 0 Å². The molecule has 17 aliphatic rings. The van der Waals surface area contributed by atoms with E-state index in [1.807, 2.05) is 318 Å². The first-order valence-electron chi connectivity index (χ1n) is 50.9. The van der Waals surface area contributed by atoms with E-state index in [0.29, 0.717) is 55.5 Å². The van der Waals surface area contributed by atoms with E-state index in [9.17, 15) is 52.7 Å². The zero-order chi connectivity index (χ0) is 103. The number of nitrogens with zero attached hydrogens (tertiary/aromatic N) is 3. The molecule has 0 radical (unpaired) electrons. The highest BCUT2D eigenvalue weighted by Crippen LogP contribution is 2.50. The highest BCUT2D eigenvalue weighted by Gasteiger charge is 2.64. The van der Waals surface area contributed by atoms with E-state index in [0.717, 1.165) is 90.7 Å². The van der Waals surface area contributed by atoms with Gasteiger partial charge in [0.1, 0.15) is 46.9 Å². The fourth-order valence-electron chi connectivity index (χ4n) is 23.0. The maximum absolute atomic E-state index is 12.7. The molecule has 11 aromatic rings. The summed E-state index contributed by atoms with van der Waals surface area (Å²) in [5, 5.41) is 5.25. The second-order valence-electron chi connectivity index (χ2n) is 39.9. The Labute approximate surface area is 865 Å². The van der Waals surface area contributed by atoms with E-state index >= 15 is 0 Å².